The van der Waals surface area contributed by atoms with Crippen LogP contribution < -0.4 is 0 Å². The van der Waals surface area contributed by atoms with Crippen molar-refractivity contribution in [1.29, 1.82) is 0 Å². The number of carboxylic acids is 1. The second kappa shape index (κ2) is 5.96. The van der Waals surface area contributed by atoms with Crippen LogP contribution in [0.25, 0.3) is 0 Å². The summed E-state index contributed by atoms with van der Waals surface area (Å²) in [7, 11) is 0. The monoisotopic (exact) mass is 304 g/mol. The van der Waals surface area contributed by atoms with Gasteiger partial charge in [0.1, 0.15) is 11.8 Å². The van der Waals surface area contributed by atoms with E-state index in [0.29, 0.717) is 31.7 Å². The third-order valence-corrected chi connectivity index (χ3v) is 4.41. The molecule has 0 spiro atoms. The lowest BCUT2D eigenvalue weighted by Gasteiger charge is -2.37. The van der Waals surface area contributed by atoms with Gasteiger partial charge in [0, 0.05) is 31.7 Å². The number of hydrogen-bond donors (Lipinski definition) is 2. The van der Waals surface area contributed by atoms with Gasteiger partial charge in [-0.1, -0.05) is 6.07 Å². The molecule has 1 unspecified atom stereocenters. The van der Waals surface area contributed by atoms with Gasteiger partial charge in [-0.3, -0.25) is 14.5 Å². The van der Waals surface area contributed by atoms with Crippen LogP contribution in [0, 0.1) is 5.92 Å². The van der Waals surface area contributed by atoms with E-state index in [2.05, 4.69) is 0 Å². The van der Waals surface area contributed by atoms with Gasteiger partial charge in [-0.2, -0.15) is 0 Å². The van der Waals surface area contributed by atoms with Crippen molar-refractivity contribution in [3.05, 3.63) is 29.8 Å². The molecule has 1 atom stereocenters. The third kappa shape index (κ3) is 3.06. The number of phenols is 1. The van der Waals surface area contributed by atoms with E-state index in [9.17, 15) is 19.8 Å². The normalized spacial score (nSPS) is 20.6. The van der Waals surface area contributed by atoms with Crippen molar-refractivity contribution in [1.82, 2.24) is 9.80 Å². The Morgan fingerprint density at radius 1 is 1.14 bits per heavy atom. The second-order valence-corrected chi connectivity index (χ2v) is 6.00. The Morgan fingerprint density at radius 2 is 1.82 bits per heavy atom. The first-order valence-electron chi connectivity index (χ1n) is 7.61. The van der Waals surface area contributed by atoms with Gasteiger partial charge < -0.3 is 15.1 Å². The Bertz CT molecular complexity index is 577. The number of carbonyl (C=O) groups is 2. The molecule has 6 heteroatoms. The van der Waals surface area contributed by atoms with Gasteiger partial charge in [0.15, 0.2) is 0 Å². The summed E-state index contributed by atoms with van der Waals surface area (Å²) in [4.78, 5) is 27.5. The van der Waals surface area contributed by atoms with Crippen LogP contribution in [0.4, 0.5) is 0 Å². The quantitative estimate of drug-likeness (QED) is 0.868. The lowest BCUT2D eigenvalue weighted by atomic mass is 10.1. The molecular weight excluding hydrogens is 284 g/mol. The van der Waals surface area contributed by atoms with Crippen LogP contribution in [0.3, 0.4) is 0 Å². The highest BCUT2D eigenvalue weighted by Crippen LogP contribution is 2.36. The van der Waals surface area contributed by atoms with E-state index < -0.39 is 12.0 Å². The number of rotatable bonds is 4. The number of carboxylic acid groups (broad SMARTS) is 1. The SMILES string of the molecule is O=C(O)C(C1CC1)N1CCN(C(=O)c2cccc(O)c2)CC1. The highest BCUT2D eigenvalue weighted by atomic mass is 16.4. The Kier molecular flexibility index (Phi) is 4.02. The third-order valence-electron chi connectivity index (χ3n) is 4.41. The fourth-order valence-electron chi connectivity index (χ4n) is 3.09. The van der Waals surface area contributed by atoms with E-state index in [1.165, 1.54) is 12.1 Å². The molecule has 6 nitrogen and oxygen atoms in total. The highest BCUT2D eigenvalue weighted by molar-refractivity contribution is 5.94. The van der Waals surface area contributed by atoms with E-state index in [-0.39, 0.29) is 17.6 Å². The zero-order valence-electron chi connectivity index (χ0n) is 12.3. The van der Waals surface area contributed by atoms with Crippen LogP contribution in [0.2, 0.25) is 0 Å². The minimum absolute atomic E-state index is 0.0733. The van der Waals surface area contributed by atoms with Gasteiger partial charge in [-0.05, 0) is 37.0 Å². The number of aromatic hydroxyl groups is 1. The predicted molar refractivity (Wildman–Crippen MR) is 79.7 cm³/mol. The minimum atomic E-state index is -0.754. The molecule has 0 bridgehead atoms. The Balaban J connectivity index is 1.61. The van der Waals surface area contributed by atoms with Crippen molar-refractivity contribution >= 4 is 11.9 Å². The number of amides is 1. The zero-order valence-corrected chi connectivity index (χ0v) is 12.3. The molecule has 1 amide bonds. The minimum Gasteiger partial charge on any atom is -0.508 e. The fourth-order valence-corrected chi connectivity index (χ4v) is 3.09. The van der Waals surface area contributed by atoms with Gasteiger partial charge in [0.05, 0.1) is 0 Å². The average Bonchev–Trinajstić information content (AvgIpc) is 3.32. The number of aliphatic carboxylic acids is 1. The van der Waals surface area contributed by atoms with Crippen LogP contribution in [0.5, 0.6) is 5.75 Å². The topological polar surface area (TPSA) is 81.1 Å². The largest absolute Gasteiger partial charge is 0.508 e. The molecule has 2 fully saturated rings. The summed E-state index contributed by atoms with van der Waals surface area (Å²) in [6, 6.07) is 5.91. The molecule has 3 rings (SSSR count). The van der Waals surface area contributed by atoms with Crippen molar-refractivity contribution in [3.63, 3.8) is 0 Å². The Hall–Kier alpha value is -2.08. The van der Waals surface area contributed by atoms with Gasteiger partial charge in [-0.25, -0.2) is 0 Å². The summed E-state index contributed by atoms with van der Waals surface area (Å²) < 4.78 is 0. The number of phenolic OH excluding ortho intramolecular Hbond substituents is 1. The summed E-state index contributed by atoms with van der Waals surface area (Å²) in [5.41, 5.74) is 0.463. The molecule has 1 aromatic carbocycles. The maximum absolute atomic E-state index is 12.4. The highest BCUT2D eigenvalue weighted by Gasteiger charge is 2.41. The molecule has 2 N–H and O–H groups in total. The molecule has 1 saturated heterocycles. The van der Waals surface area contributed by atoms with Gasteiger partial charge in [0.2, 0.25) is 0 Å². The average molecular weight is 304 g/mol. The number of benzene rings is 1. The first-order chi connectivity index (χ1) is 10.6. The first-order valence-corrected chi connectivity index (χ1v) is 7.61. The van der Waals surface area contributed by atoms with E-state index >= 15 is 0 Å². The lowest BCUT2D eigenvalue weighted by Crippen LogP contribution is -2.54. The van der Waals surface area contributed by atoms with Crippen LogP contribution >= 0.6 is 0 Å². The molecule has 0 aromatic heterocycles. The summed E-state index contributed by atoms with van der Waals surface area (Å²) >= 11 is 0. The van der Waals surface area contributed by atoms with Crippen molar-refractivity contribution in [2.24, 2.45) is 5.92 Å². The Morgan fingerprint density at radius 3 is 2.36 bits per heavy atom. The lowest BCUT2D eigenvalue weighted by molar-refractivity contribution is -0.144. The molecule has 0 radical (unpaired) electrons. The van der Waals surface area contributed by atoms with Gasteiger partial charge >= 0.3 is 5.97 Å². The Labute approximate surface area is 129 Å². The molecule has 22 heavy (non-hydrogen) atoms. The van der Waals surface area contributed by atoms with Crippen molar-refractivity contribution in [2.45, 2.75) is 18.9 Å². The standard InChI is InChI=1S/C16H20N2O4/c19-13-3-1-2-12(10-13)15(20)18-8-6-17(7-9-18)14(16(21)22)11-4-5-11/h1-3,10-11,14,19H,4-9H2,(H,21,22). The number of hydrogen-bond acceptors (Lipinski definition) is 4. The van der Waals surface area contributed by atoms with Crippen LogP contribution in [0.1, 0.15) is 23.2 Å². The number of carbonyl (C=O) groups excluding carboxylic acids is 1. The van der Waals surface area contributed by atoms with Crippen LogP contribution in [0.15, 0.2) is 24.3 Å². The molecular formula is C16H20N2O4. The molecule has 118 valence electrons. The maximum Gasteiger partial charge on any atom is 0.321 e. The van der Waals surface area contributed by atoms with Crippen molar-refractivity contribution in [2.75, 3.05) is 26.2 Å². The zero-order chi connectivity index (χ0) is 15.7. The van der Waals surface area contributed by atoms with Gasteiger partial charge in [0.25, 0.3) is 5.91 Å². The maximum atomic E-state index is 12.4. The fraction of sp³-hybridized carbons (Fsp3) is 0.500. The molecule has 2 aliphatic rings. The molecule has 1 saturated carbocycles. The van der Waals surface area contributed by atoms with E-state index in [4.69, 9.17) is 0 Å². The summed E-state index contributed by atoms with van der Waals surface area (Å²) in [6.07, 6.45) is 1.97. The summed E-state index contributed by atoms with van der Waals surface area (Å²) in [5.74, 6) is -0.529. The predicted octanol–water partition coefficient (Wildman–Crippen LogP) is 1.01. The second-order valence-electron chi connectivity index (χ2n) is 6.00. The first kappa shape index (κ1) is 14.8. The molecule has 1 aromatic rings. The van der Waals surface area contributed by atoms with Crippen LogP contribution in [-0.4, -0.2) is 64.1 Å². The van der Waals surface area contributed by atoms with Crippen molar-refractivity contribution in [3.8, 4) is 5.75 Å². The summed E-state index contributed by atoms with van der Waals surface area (Å²) in [5, 5.41) is 18.8. The number of nitrogens with zero attached hydrogens (tertiary/aromatic N) is 2. The van der Waals surface area contributed by atoms with E-state index in [0.717, 1.165) is 12.8 Å². The summed E-state index contributed by atoms with van der Waals surface area (Å²) in [6.45, 7) is 2.20. The van der Waals surface area contributed by atoms with Crippen molar-refractivity contribution < 1.29 is 19.8 Å². The molecule has 1 aliphatic carbocycles. The van der Waals surface area contributed by atoms with Crippen LogP contribution in [-0.2, 0) is 4.79 Å². The molecule has 1 heterocycles. The number of piperazine rings is 1. The van der Waals surface area contributed by atoms with E-state index in [1.54, 1.807) is 17.0 Å². The van der Waals surface area contributed by atoms with E-state index in [1.807, 2.05) is 4.90 Å². The molecule has 1 aliphatic heterocycles. The van der Waals surface area contributed by atoms with Gasteiger partial charge in [-0.15, -0.1) is 0 Å². The smallest absolute Gasteiger partial charge is 0.321 e.